The molecule has 0 aliphatic carbocycles. The third-order valence-corrected chi connectivity index (χ3v) is 3.55. The van der Waals surface area contributed by atoms with E-state index in [0.717, 1.165) is 11.3 Å². The number of ketones is 1. The molecule has 2 rings (SSSR count). The van der Waals surface area contributed by atoms with E-state index >= 15 is 0 Å². The van der Waals surface area contributed by atoms with E-state index in [-0.39, 0.29) is 31.3 Å². The minimum Gasteiger partial charge on any atom is -0.493 e. The molecule has 0 aliphatic heterocycles. The number of rotatable bonds is 8. The van der Waals surface area contributed by atoms with Gasteiger partial charge in [0, 0.05) is 18.2 Å². The average Bonchev–Trinajstić information content (AvgIpc) is 2.61. The molecule has 26 heavy (non-hydrogen) atoms. The fraction of sp³-hybridized carbons (Fsp3) is 0.250. The van der Waals surface area contributed by atoms with Crippen molar-refractivity contribution < 1.29 is 23.9 Å². The Bertz CT molecular complexity index is 783. The lowest BCUT2D eigenvalue weighted by Crippen LogP contribution is -2.16. The van der Waals surface area contributed by atoms with Crippen LogP contribution in [0.3, 0.4) is 0 Å². The van der Waals surface area contributed by atoms with Crippen molar-refractivity contribution >= 4 is 23.3 Å². The highest BCUT2D eigenvalue weighted by molar-refractivity contribution is 5.98. The van der Waals surface area contributed by atoms with Crippen LogP contribution in [-0.4, -0.2) is 30.9 Å². The highest BCUT2D eigenvalue weighted by Gasteiger charge is 2.11. The molecule has 6 heteroatoms. The molecule has 0 aliphatic rings. The minimum atomic E-state index is -0.498. The molecule has 0 bridgehead atoms. The van der Waals surface area contributed by atoms with Crippen LogP contribution in [0.1, 0.15) is 29.3 Å². The van der Waals surface area contributed by atoms with E-state index in [0.29, 0.717) is 11.3 Å². The molecular weight excluding hydrogens is 334 g/mol. The first kappa shape index (κ1) is 19.2. The van der Waals surface area contributed by atoms with Gasteiger partial charge in [0.25, 0.3) is 0 Å². The maximum absolute atomic E-state index is 12.0. The Morgan fingerprint density at radius 2 is 1.69 bits per heavy atom. The number of amides is 1. The second kappa shape index (κ2) is 9.36. The van der Waals surface area contributed by atoms with E-state index in [1.807, 2.05) is 31.2 Å². The van der Waals surface area contributed by atoms with Gasteiger partial charge in [-0.25, -0.2) is 0 Å². The third kappa shape index (κ3) is 6.05. The van der Waals surface area contributed by atoms with Crippen LogP contribution in [0.15, 0.2) is 48.5 Å². The Morgan fingerprint density at radius 3 is 2.35 bits per heavy atom. The van der Waals surface area contributed by atoms with Crippen LogP contribution in [0.4, 0.5) is 5.69 Å². The second-order valence-corrected chi connectivity index (χ2v) is 5.71. The number of aryl methyl sites for hydroxylation is 1. The van der Waals surface area contributed by atoms with Crippen molar-refractivity contribution in [3.05, 3.63) is 59.7 Å². The largest absolute Gasteiger partial charge is 0.493 e. The second-order valence-electron chi connectivity index (χ2n) is 5.71. The summed E-state index contributed by atoms with van der Waals surface area (Å²) >= 11 is 0. The summed E-state index contributed by atoms with van der Waals surface area (Å²) in [6.07, 6.45) is 0.0586. The van der Waals surface area contributed by atoms with Crippen LogP contribution >= 0.6 is 0 Å². The normalized spacial score (nSPS) is 10.1. The van der Waals surface area contributed by atoms with Crippen molar-refractivity contribution in [2.75, 3.05) is 18.5 Å². The molecule has 0 atom stereocenters. The van der Waals surface area contributed by atoms with Gasteiger partial charge in [-0.05, 0) is 42.8 Å². The van der Waals surface area contributed by atoms with Gasteiger partial charge in [-0.2, -0.15) is 0 Å². The van der Waals surface area contributed by atoms with Crippen molar-refractivity contribution in [3.8, 4) is 5.75 Å². The van der Waals surface area contributed by atoms with Gasteiger partial charge in [0.15, 0.2) is 12.4 Å². The van der Waals surface area contributed by atoms with Crippen LogP contribution < -0.4 is 10.1 Å². The Labute approximate surface area is 152 Å². The van der Waals surface area contributed by atoms with Crippen LogP contribution in [-0.2, 0) is 14.3 Å². The zero-order valence-corrected chi connectivity index (χ0v) is 14.8. The number of nitrogens with one attached hydrogen (secondary N) is 1. The van der Waals surface area contributed by atoms with Crippen molar-refractivity contribution in [2.45, 2.75) is 20.3 Å². The Morgan fingerprint density at radius 1 is 1.00 bits per heavy atom. The van der Waals surface area contributed by atoms with Gasteiger partial charge in [0.1, 0.15) is 5.75 Å². The first-order chi connectivity index (χ1) is 12.5. The predicted molar refractivity (Wildman–Crippen MR) is 97.3 cm³/mol. The van der Waals surface area contributed by atoms with E-state index in [2.05, 4.69) is 5.32 Å². The van der Waals surface area contributed by atoms with Crippen LogP contribution in [0.25, 0.3) is 0 Å². The molecule has 6 nitrogen and oxygen atoms in total. The summed E-state index contributed by atoms with van der Waals surface area (Å²) in [5.74, 6) is -0.282. The molecule has 0 unspecified atom stereocenters. The van der Waals surface area contributed by atoms with Crippen LogP contribution in [0.2, 0.25) is 0 Å². The summed E-state index contributed by atoms with van der Waals surface area (Å²) in [4.78, 5) is 34.7. The highest BCUT2D eigenvalue weighted by atomic mass is 16.5. The molecule has 2 aromatic rings. The lowest BCUT2D eigenvalue weighted by Gasteiger charge is -2.09. The van der Waals surface area contributed by atoms with Crippen molar-refractivity contribution in [2.24, 2.45) is 0 Å². The summed E-state index contributed by atoms with van der Waals surface area (Å²) in [5.41, 5.74) is 1.99. The SMILES string of the molecule is CC(=O)Nc1ccc(C(=O)COC(=O)CCOc2ccccc2C)cc1. The predicted octanol–water partition coefficient (Wildman–Crippen LogP) is 3.15. The van der Waals surface area contributed by atoms with Gasteiger partial charge in [0.05, 0.1) is 13.0 Å². The molecule has 136 valence electrons. The lowest BCUT2D eigenvalue weighted by molar-refractivity contribution is -0.143. The topological polar surface area (TPSA) is 81.7 Å². The molecular formula is C20H21NO5. The monoisotopic (exact) mass is 355 g/mol. The number of hydrogen-bond donors (Lipinski definition) is 1. The van der Waals surface area contributed by atoms with Crippen molar-refractivity contribution in [1.82, 2.24) is 0 Å². The van der Waals surface area contributed by atoms with E-state index < -0.39 is 5.97 Å². The number of carbonyl (C=O) groups excluding carboxylic acids is 3. The first-order valence-electron chi connectivity index (χ1n) is 8.20. The molecule has 0 spiro atoms. The van der Waals surface area contributed by atoms with Crippen molar-refractivity contribution in [3.63, 3.8) is 0 Å². The van der Waals surface area contributed by atoms with Gasteiger partial charge in [-0.15, -0.1) is 0 Å². The number of ether oxygens (including phenoxy) is 2. The zero-order chi connectivity index (χ0) is 18.9. The molecule has 0 heterocycles. The van der Waals surface area contributed by atoms with E-state index in [4.69, 9.17) is 9.47 Å². The summed E-state index contributed by atoms with van der Waals surface area (Å²) < 4.78 is 10.5. The van der Waals surface area contributed by atoms with Gasteiger partial charge in [-0.3, -0.25) is 14.4 Å². The quantitative estimate of drug-likeness (QED) is 0.581. The fourth-order valence-corrected chi connectivity index (χ4v) is 2.21. The maximum Gasteiger partial charge on any atom is 0.309 e. The van der Waals surface area contributed by atoms with E-state index in [9.17, 15) is 14.4 Å². The molecule has 0 fully saturated rings. The van der Waals surface area contributed by atoms with Crippen LogP contribution in [0, 0.1) is 6.92 Å². The summed E-state index contributed by atoms with van der Waals surface area (Å²) in [7, 11) is 0. The molecule has 1 N–H and O–H groups in total. The number of Topliss-reactive ketones (excluding diaryl/α,β-unsaturated/α-hetero) is 1. The number of anilines is 1. The number of esters is 1. The van der Waals surface area contributed by atoms with E-state index in [1.165, 1.54) is 6.92 Å². The molecule has 0 saturated heterocycles. The summed E-state index contributed by atoms with van der Waals surface area (Å²) in [6.45, 7) is 3.18. The molecule has 0 radical (unpaired) electrons. The van der Waals surface area contributed by atoms with Gasteiger partial charge >= 0.3 is 5.97 Å². The first-order valence-corrected chi connectivity index (χ1v) is 8.20. The summed E-state index contributed by atoms with van der Waals surface area (Å²) in [5, 5.41) is 2.61. The summed E-state index contributed by atoms with van der Waals surface area (Å²) in [6, 6.07) is 13.9. The van der Waals surface area contributed by atoms with Crippen LogP contribution in [0.5, 0.6) is 5.75 Å². The number of carbonyl (C=O) groups is 3. The number of para-hydroxylation sites is 1. The Kier molecular flexibility index (Phi) is 6.91. The molecule has 0 saturated carbocycles. The molecule has 2 aromatic carbocycles. The van der Waals surface area contributed by atoms with E-state index in [1.54, 1.807) is 24.3 Å². The minimum absolute atomic E-state index is 0.0586. The molecule has 0 aromatic heterocycles. The lowest BCUT2D eigenvalue weighted by atomic mass is 10.1. The molecule has 1 amide bonds. The Hall–Kier alpha value is -3.15. The average molecular weight is 355 g/mol. The highest BCUT2D eigenvalue weighted by Crippen LogP contribution is 2.16. The zero-order valence-electron chi connectivity index (χ0n) is 14.8. The standard InChI is InChI=1S/C20H21NO5/c1-14-5-3-4-6-19(14)25-12-11-20(24)26-13-18(23)16-7-9-17(10-8-16)21-15(2)22/h3-10H,11-13H2,1-2H3,(H,21,22). The van der Waals surface area contributed by atoms with Gasteiger partial charge < -0.3 is 14.8 Å². The maximum atomic E-state index is 12.0. The number of hydrogen-bond acceptors (Lipinski definition) is 5. The third-order valence-electron chi connectivity index (χ3n) is 3.55. The van der Waals surface area contributed by atoms with Gasteiger partial charge in [0.2, 0.25) is 5.91 Å². The Balaban J connectivity index is 1.73. The van der Waals surface area contributed by atoms with Gasteiger partial charge in [-0.1, -0.05) is 18.2 Å². The fourth-order valence-electron chi connectivity index (χ4n) is 2.21. The smallest absolute Gasteiger partial charge is 0.309 e. The van der Waals surface area contributed by atoms with Crippen molar-refractivity contribution in [1.29, 1.82) is 0 Å². The number of benzene rings is 2.